The number of fused-ring (bicyclic) bond motifs is 1. The number of nitrogens with one attached hydrogen (secondary N) is 1. The van der Waals surface area contributed by atoms with Crippen molar-refractivity contribution in [1.82, 2.24) is 15.3 Å². The van der Waals surface area contributed by atoms with Crippen LogP contribution in [0.1, 0.15) is 15.9 Å². The number of halogens is 1. The zero-order valence-corrected chi connectivity index (χ0v) is 13.2. The molecule has 22 heavy (non-hydrogen) atoms. The maximum Gasteiger partial charge on any atom is 0.256 e. The molecule has 0 saturated heterocycles. The van der Waals surface area contributed by atoms with E-state index in [0.29, 0.717) is 23.2 Å². The van der Waals surface area contributed by atoms with Crippen LogP contribution in [0, 0.1) is 0 Å². The Kier molecular flexibility index (Phi) is 4.35. The molecule has 0 fully saturated rings. The zero-order valence-electron chi connectivity index (χ0n) is 11.6. The van der Waals surface area contributed by atoms with E-state index in [0.717, 1.165) is 5.56 Å². The fourth-order valence-electron chi connectivity index (χ4n) is 1.93. The van der Waals surface area contributed by atoms with Gasteiger partial charge in [0, 0.05) is 12.7 Å². The quantitative estimate of drug-likeness (QED) is 0.525. The normalized spacial score (nSPS) is 12.3. The van der Waals surface area contributed by atoms with Gasteiger partial charge < -0.3 is 14.8 Å². The van der Waals surface area contributed by atoms with E-state index in [1.54, 1.807) is 0 Å². The van der Waals surface area contributed by atoms with Gasteiger partial charge in [0.05, 0.1) is 5.56 Å². The zero-order chi connectivity index (χ0) is 15.5. The van der Waals surface area contributed by atoms with Crippen LogP contribution in [-0.4, -0.2) is 28.9 Å². The molecule has 1 aromatic heterocycles. The lowest BCUT2D eigenvalue weighted by molar-refractivity contribution is 0.0950. The minimum Gasteiger partial charge on any atom is -0.454 e. The topological polar surface area (TPSA) is 73.3 Å². The lowest BCUT2D eigenvalue weighted by Crippen LogP contribution is -2.23. The summed E-state index contributed by atoms with van der Waals surface area (Å²) in [5.41, 5.74) is 1.15. The third-order valence-corrected chi connectivity index (χ3v) is 3.89. The van der Waals surface area contributed by atoms with E-state index in [1.165, 1.54) is 18.0 Å². The number of ether oxygens (including phenoxy) is 2. The molecule has 1 aliphatic heterocycles. The first kappa shape index (κ1) is 14.9. The Morgan fingerprint density at radius 1 is 1.41 bits per heavy atom. The minimum absolute atomic E-state index is 0.141. The molecular formula is C14H12ClN3O3S. The third-order valence-electron chi connectivity index (χ3n) is 3.04. The first-order chi connectivity index (χ1) is 10.7. The summed E-state index contributed by atoms with van der Waals surface area (Å²) in [6.45, 7) is 0.565. The van der Waals surface area contributed by atoms with Crippen LogP contribution in [0.2, 0.25) is 5.15 Å². The molecule has 0 aliphatic carbocycles. The highest BCUT2D eigenvalue weighted by Gasteiger charge is 2.15. The predicted octanol–water partition coefficient (Wildman–Crippen LogP) is 2.51. The lowest BCUT2D eigenvalue weighted by Gasteiger charge is -2.07. The first-order valence-corrected chi connectivity index (χ1v) is 8.01. The summed E-state index contributed by atoms with van der Waals surface area (Å²) >= 11 is 7.36. The number of hydrogen-bond donors (Lipinski definition) is 1. The van der Waals surface area contributed by atoms with Crippen molar-refractivity contribution in [2.75, 3.05) is 13.0 Å². The van der Waals surface area contributed by atoms with Gasteiger partial charge in [-0.2, -0.15) is 0 Å². The van der Waals surface area contributed by atoms with Gasteiger partial charge in [0.25, 0.3) is 5.91 Å². The number of carbonyl (C=O) groups excluding carboxylic acids is 1. The smallest absolute Gasteiger partial charge is 0.256 e. The molecule has 0 saturated carbocycles. The molecule has 1 amide bonds. The highest BCUT2D eigenvalue weighted by atomic mass is 35.5. The largest absolute Gasteiger partial charge is 0.454 e. The molecule has 0 bridgehead atoms. The van der Waals surface area contributed by atoms with Gasteiger partial charge in [-0.3, -0.25) is 4.79 Å². The van der Waals surface area contributed by atoms with Gasteiger partial charge in [-0.05, 0) is 24.0 Å². The molecule has 1 N–H and O–H groups in total. The van der Waals surface area contributed by atoms with Gasteiger partial charge in [-0.25, -0.2) is 9.97 Å². The fraction of sp³-hybridized carbons (Fsp3) is 0.214. The van der Waals surface area contributed by atoms with E-state index in [9.17, 15) is 4.79 Å². The predicted molar refractivity (Wildman–Crippen MR) is 82.6 cm³/mol. The van der Waals surface area contributed by atoms with Crippen molar-refractivity contribution < 1.29 is 14.3 Å². The molecular weight excluding hydrogens is 326 g/mol. The molecule has 8 heteroatoms. The van der Waals surface area contributed by atoms with Crippen molar-refractivity contribution in [3.63, 3.8) is 0 Å². The molecule has 6 nitrogen and oxygen atoms in total. The average Bonchev–Trinajstić information content (AvgIpc) is 3.00. The third kappa shape index (κ3) is 3.10. The summed E-state index contributed by atoms with van der Waals surface area (Å²) in [6.07, 6.45) is 3.27. The van der Waals surface area contributed by atoms with Crippen molar-refractivity contribution >= 4 is 29.3 Å². The number of hydrogen-bond acceptors (Lipinski definition) is 6. The number of thioether (sulfide) groups is 1. The molecule has 1 aromatic carbocycles. The van der Waals surface area contributed by atoms with Crippen LogP contribution in [0.3, 0.4) is 0 Å². The fourth-order valence-corrected chi connectivity index (χ4v) is 2.53. The molecule has 0 spiro atoms. The molecule has 2 heterocycles. The standard InChI is InChI=1S/C14H12ClN3O3S/c1-22-14-17-6-9(12(15)18-14)13(19)16-5-8-2-3-10-11(4-8)21-7-20-10/h2-4,6H,5,7H2,1H3,(H,16,19). The number of rotatable bonds is 4. The molecule has 3 rings (SSSR count). The van der Waals surface area contributed by atoms with Gasteiger partial charge in [-0.1, -0.05) is 29.4 Å². The highest BCUT2D eigenvalue weighted by molar-refractivity contribution is 7.98. The highest BCUT2D eigenvalue weighted by Crippen LogP contribution is 2.32. The van der Waals surface area contributed by atoms with Crippen LogP contribution in [0.15, 0.2) is 29.6 Å². The van der Waals surface area contributed by atoms with Gasteiger partial charge in [-0.15, -0.1) is 0 Å². The van der Waals surface area contributed by atoms with Crippen LogP contribution >= 0.6 is 23.4 Å². The van der Waals surface area contributed by atoms with E-state index in [2.05, 4.69) is 15.3 Å². The summed E-state index contributed by atoms with van der Waals surface area (Å²) < 4.78 is 10.5. The van der Waals surface area contributed by atoms with E-state index in [-0.39, 0.29) is 23.4 Å². The summed E-state index contributed by atoms with van der Waals surface area (Å²) in [4.78, 5) is 20.2. The van der Waals surface area contributed by atoms with Crippen molar-refractivity contribution in [3.8, 4) is 11.5 Å². The average molecular weight is 338 g/mol. The van der Waals surface area contributed by atoms with Crippen LogP contribution in [0.4, 0.5) is 0 Å². The summed E-state index contributed by atoms with van der Waals surface area (Å²) in [6, 6.07) is 5.51. The van der Waals surface area contributed by atoms with Crippen molar-refractivity contribution in [3.05, 3.63) is 40.7 Å². The molecule has 0 unspecified atom stereocenters. The maximum absolute atomic E-state index is 12.1. The second-order valence-electron chi connectivity index (χ2n) is 4.43. The number of amides is 1. The Hall–Kier alpha value is -1.99. The van der Waals surface area contributed by atoms with Gasteiger partial charge in [0.2, 0.25) is 6.79 Å². The number of benzene rings is 1. The van der Waals surface area contributed by atoms with Gasteiger partial charge in [0.1, 0.15) is 5.15 Å². The summed E-state index contributed by atoms with van der Waals surface area (Å²) in [5.74, 6) is 1.06. The maximum atomic E-state index is 12.1. The Labute approximate surface area is 136 Å². The van der Waals surface area contributed by atoms with Crippen molar-refractivity contribution in [1.29, 1.82) is 0 Å². The van der Waals surface area contributed by atoms with Crippen molar-refractivity contribution in [2.24, 2.45) is 0 Å². The molecule has 0 radical (unpaired) electrons. The summed E-state index contributed by atoms with van der Waals surface area (Å²) in [7, 11) is 0. The van der Waals surface area contributed by atoms with E-state index in [1.807, 2.05) is 24.5 Å². The second kappa shape index (κ2) is 6.41. The molecule has 0 atom stereocenters. The van der Waals surface area contributed by atoms with Crippen molar-refractivity contribution in [2.45, 2.75) is 11.7 Å². The van der Waals surface area contributed by atoms with E-state index >= 15 is 0 Å². The second-order valence-corrected chi connectivity index (χ2v) is 5.56. The number of nitrogens with zero attached hydrogens (tertiary/aromatic N) is 2. The molecule has 114 valence electrons. The van der Waals surface area contributed by atoms with Crippen LogP contribution in [0.25, 0.3) is 0 Å². The Balaban J connectivity index is 1.67. The Bertz CT molecular complexity index is 726. The van der Waals surface area contributed by atoms with Crippen LogP contribution < -0.4 is 14.8 Å². The Morgan fingerprint density at radius 2 is 2.23 bits per heavy atom. The van der Waals surface area contributed by atoms with Crippen LogP contribution in [-0.2, 0) is 6.54 Å². The van der Waals surface area contributed by atoms with Gasteiger partial charge in [0.15, 0.2) is 16.7 Å². The monoisotopic (exact) mass is 337 g/mol. The minimum atomic E-state index is -0.324. The summed E-state index contributed by atoms with van der Waals surface area (Å²) in [5, 5.41) is 3.44. The van der Waals surface area contributed by atoms with E-state index in [4.69, 9.17) is 21.1 Å². The Morgan fingerprint density at radius 3 is 3.00 bits per heavy atom. The first-order valence-electron chi connectivity index (χ1n) is 6.40. The molecule has 2 aromatic rings. The SMILES string of the molecule is CSc1ncc(C(=O)NCc2ccc3c(c2)OCO3)c(Cl)n1. The lowest BCUT2D eigenvalue weighted by atomic mass is 10.2. The number of carbonyl (C=O) groups is 1. The van der Waals surface area contributed by atoms with E-state index < -0.39 is 0 Å². The van der Waals surface area contributed by atoms with Gasteiger partial charge >= 0.3 is 0 Å². The van der Waals surface area contributed by atoms with Crippen LogP contribution in [0.5, 0.6) is 11.5 Å². The number of aromatic nitrogens is 2. The molecule has 1 aliphatic rings.